The summed E-state index contributed by atoms with van der Waals surface area (Å²) in [6.45, 7) is 1.98. The van der Waals surface area contributed by atoms with Crippen molar-refractivity contribution in [3.63, 3.8) is 0 Å². The van der Waals surface area contributed by atoms with Gasteiger partial charge in [-0.05, 0) is 56.9 Å². The van der Waals surface area contributed by atoms with E-state index >= 15 is 0 Å². The van der Waals surface area contributed by atoms with Crippen molar-refractivity contribution in [3.8, 4) is 0 Å². The number of nitrogens with zero attached hydrogens (tertiary/aromatic N) is 3. The van der Waals surface area contributed by atoms with E-state index in [2.05, 4.69) is 20.6 Å². The molecular weight excluding hydrogens is 397 g/mol. The number of aromatic nitrogens is 2. The molecule has 1 fully saturated rings. The van der Waals surface area contributed by atoms with Gasteiger partial charge in [0, 0.05) is 48.5 Å². The first-order chi connectivity index (χ1) is 12.9. The van der Waals surface area contributed by atoms with Crippen LogP contribution >= 0.6 is 24.0 Å². The molecule has 0 saturated heterocycles. The highest BCUT2D eigenvalue weighted by Crippen LogP contribution is 2.22. The monoisotopic (exact) mass is 423 g/mol. The Hall–Kier alpha value is -2.05. The number of carbonyl (C=O) groups excluding carboxylic acids is 1. The smallest absolute Gasteiger partial charge is 0.251 e. The first-order valence-corrected chi connectivity index (χ1v) is 9.64. The van der Waals surface area contributed by atoms with Crippen LogP contribution in [0.5, 0.6) is 0 Å². The predicted octanol–water partition coefficient (Wildman–Crippen LogP) is 4.08. The molecule has 0 spiro atoms. The molecule has 1 aliphatic carbocycles. The van der Waals surface area contributed by atoms with E-state index in [1.54, 1.807) is 24.3 Å². The summed E-state index contributed by atoms with van der Waals surface area (Å²) >= 11 is 5.88. The number of hydrogen-bond acceptors (Lipinski definition) is 5. The van der Waals surface area contributed by atoms with Crippen LogP contribution in [0.3, 0.4) is 0 Å². The van der Waals surface area contributed by atoms with Crippen molar-refractivity contribution >= 4 is 41.7 Å². The Morgan fingerprint density at radius 2 is 1.68 bits per heavy atom. The fraction of sp³-hybridized carbons (Fsp3) is 0.450. The van der Waals surface area contributed by atoms with Gasteiger partial charge in [-0.15, -0.1) is 12.4 Å². The van der Waals surface area contributed by atoms with Gasteiger partial charge in [0.2, 0.25) is 5.95 Å². The second-order valence-electron chi connectivity index (χ2n) is 7.26. The van der Waals surface area contributed by atoms with Gasteiger partial charge in [-0.3, -0.25) is 4.79 Å². The van der Waals surface area contributed by atoms with Gasteiger partial charge < -0.3 is 15.5 Å². The SMILES string of the molecule is Cc1cc(N(C)C)nc(N[C@H]2CC[C@@H](NC(=O)c3ccc(Cl)cc3)CC2)n1.Cl. The van der Waals surface area contributed by atoms with Crippen LogP contribution in [-0.2, 0) is 0 Å². The van der Waals surface area contributed by atoms with Gasteiger partial charge in [-0.1, -0.05) is 11.6 Å². The Morgan fingerprint density at radius 3 is 2.29 bits per heavy atom. The minimum absolute atomic E-state index is 0. The maximum absolute atomic E-state index is 12.3. The summed E-state index contributed by atoms with van der Waals surface area (Å²) < 4.78 is 0. The van der Waals surface area contributed by atoms with Crippen molar-refractivity contribution in [3.05, 3.63) is 46.6 Å². The summed E-state index contributed by atoms with van der Waals surface area (Å²) in [5.41, 5.74) is 1.59. The predicted molar refractivity (Wildman–Crippen MR) is 117 cm³/mol. The number of halogens is 2. The van der Waals surface area contributed by atoms with E-state index in [9.17, 15) is 4.79 Å². The first-order valence-electron chi connectivity index (χ1n) is 9.26. The van der Waals surface area contributed by atoms with Gasteiger partial charge >= 0.3 is 0 Å². The molecule has 0 unspecified atom stereocenters. The lowest BCUT2D eigenvalue weighted by Gasteiger charge is -2.30. The number of anilines is 2. The molecule has 2 aromatic rings. The molecule has 0 aliphatic heterocycles. The molecule has 8 heteroatoms. The summed E-state index contributed by atoms with van der Waals surface area (Å²) in [4.78, 5) is 23.4. The van der Waals surface area contributed by atoms with E-state index < -0.39 is 0 Å². The Labute approximate surface area is 177 Å². The number of aryl methyl sites for hydroxylation is 1. The van der Waals surface area contributed by atoms with Gasteiger partial charge in [-0.25, -0.2) is 4.98 Å². The number of rotatable bonds is 5. The molecule has 1 aromatic heterocycles. The number of nitrogens with one attached hydrogen (secondary N) is 2. The van der Waals surface area contributed by atoms with Crippen LogP contribution in [0.4, 0.5) is 11.8 Å². The number of benzene rings is 1. The van der Waals surface area contributed by atoms with Crippen molar-refractivity contribution < 1.29 is 4.79 Å². The van der Waals surface area contributed by atoms with Gasteiger partial charge in [0.15, 0.2) is 0 Å². The maximum atomic E-state index is 12.3. The zero-order valence-corrected chi connectivity index (χ0v) is 18.0. The average molecular weight is 424 g/mol. The molecule has 0 bridgehead atoms. The highest BCUT2D eigenvalue weighted by molar-refractivity contribution is 6.30. The molecule has 0 atom stereocenters. The van der Waals surface area contributed by atoms with E-state index in [0.717, 1.165) is 37.2 Å². The zero-order chi connectivity index (χ0) is 19.4. The maximum Gasteiger partial charge on any atom is 0.251 e. The number of amides is 1. The zero-order valence-electron chi connectivity index (χ0n) is 16.4. The molecule has 1 heterocycles. The van der Waals surface area contributed by atoms with Gasteiger partial charge in [0.1, 0.15) is 5.82 Å². The van der Waals surface area contributed by atoms with Crippen molar-refractivity contribution in [1.82, 2.24) is 15.3 Å². The Balaban J connectivity index is 0.00000280. The van der Waals surface area contributed by atoms with E-state index in [-0.39, 0.29) is 24.4 Å². The largest absolute Gasteiger partial charge is 0.363 e. The summed E-state index contributed by atoms with van der Waals surface area (Å²) in [6, 6.07) is 9.47. The standard InChI is InChI=1S/C20H26ClN5O.ClH/c1-13-12-18(26(2)3)25-20(22-13)24-17-10-8-16(9-11-17)23-19(27)14-4-6-15(21)7-5-14;/h4-7,12,16-17H,8-11H2,1-3H3,(H,23,27)(H,22,24,25);1H/t16-,17+;. The van der Waals surface area contributed by atoms with Gasteiger partial charge in [-0.2, -0.15) is 4.98 Å². The van der Waals surface area contributed by atoms with Crippen LogP contribution in [0.1, 0.15) is 41.7 Å². The van der Waals surface area contributed by atoms with Crippen molar-refractivity contribution in [2.45, 2.75) is 44.7 Å². The Morgan fingerprint density at radius 1 is 1.07 bits per heavy atom. The summed E-state index contributed by atoms with van der Waals surface area (Å²) in [6.07, 6.45) is 3.81. The van der Waals surface area contributed by atoms with Gasteiger partial charge in [0.05, 0.1) is 0 Å². The molecule has 3 rings (SSSR count). The average Bonchev–Trinajstić information content (AvgIpc) is 2.63. The fourth-order valence-electron chi connectivity index (χ4n) is 3.28. The van der Waals surface area contributed by atoms with Gasteiger partial charge in [0.25, 0.3) is 5.91 Å². The van der Waals surface area contributed by atoms with Crippen molar-refractivity contribution in [1.29, 1.82) is 0 Å². The summed E-state index contributed by atoms with van der Waals surface area (Å²) in [5.74, 6) is 1.53. The van der Waals surface area contributed by atoms with Crippen LogP contribution in [0, 0.1) is 6.92 Å². The van der Waals surface area contributed by atoms with E-state index in [0.29, 0.717) is 22.6 Å². The molecule has 2 N–H and O–H groups in total. The second kappa shape index (κ2) is 9.94. The molecular formula is C20H27Cl2N5O. The summed E-state index contributed by atoms with van der Waals surface area (Å²) in [7, 11) is 3.94. The van der Waals surface area contributed by atoms with E-state index in [1.165, 1.54) is 0 Å². The van der Waals surface area contributed by atoms with Crippen molar-refractivity contribution in [2.75, 3.05) is 24.3 Å². The first kappa shape index (κ1) is 22.2. The van der Waals surface area contributed by atoms with E-state index in [4.69, 9.17) is 11.6 Å². The third-order valence-corrected chi connectivity index (χ3v) is 5.05. The lowest BCUT2D eigenvalue weighted by Crippen LogP contribution is -2.40. The highest BCUT2D eigenvalue weighted by Gasteiger charge is 2.23. The molecule has 0 radical (unpaired) electrons. The van der Waals surface area contributed by atoms with Crippen LogP contribution in [0.2, 0.25) is 5.02 Å². The van der Waals surface area contributed by atoms with Crippen LogP contribution < -0.4 is 15.5 Å². The molecule has 1 saturated carbocycles. The second-order valence-corrected chi connectivity index (χ2v) is 7.70. The quantitative estimate of drug-likeness (QED) is 0.757. The topological polar surface area (TPSA) is 70.2 Å². The molecule has 28 heavy (non-hydrogen) atoms. The number of carbonyl (C=O) groups is 1. The molecule has 1 aliphatic rings. The summed E-state index contributed by atoms with van der Waals surface area (Å²) in [5, 5.41) is 7.21. The molecule has 152 valence electrons. The minimum Gasteiger partial charge on any atom is -0.363 e. The molecule has 1 amide bonds. The Kier molecular flexibility index (Phi) is 7.89. The third kappa shape index (κ3) is 5.97. The van der Waals surface area contributed by atoms with Crippen LogP contribution in [0.25, 0.3) is 0 Å². The van der Waals surface area contributed by atoms with Crippen LogP contribution in [-0.4, -0.2) is 42.1 Å². The normalized spacial score (nSPS) is 18.7. The molecule has 6 nitrogen and oxygen atoms in total. The lowest BCUT2D eigenvalue weighted by atomic mass is 9.91. The Bertz CT molecular complexity index is 790. The fourth-order valence-corrected chi connectivity index (χ4v) is 3.41. The lowest BCUT2D eigenvalue weighted by molar-refractivity contribution is 0.0926. The number of hydrogen-bond donors (Lipinski definition) is 2. The third-order valence-electron chi connectivity index (χ3n) is 4.80. The van der Waals surface area contributed by atoms with E-state index in [1.807, 2.05) is 32.0 Å². The van der Waals surface area contributed by atoms with Crippen molar-refractivity contribution in [2.24, 2.45) is 0 Å². The highest BCUT2D eigenvalue weighted by atomic mass is 35.5. The van der Waals surface area contributed by atoms with Crippen LogP contribution in [0.15, 0.2) is 30.3 Å². The minimum atomic E-state index is -0.0410. The molecule has 1 aromatic carbocycles.